The molecule has 1 saturated heterocycles. The molecule has 0 atom stereocenters. The van der Waals surface area contributed by atoms with Crippen molar-refractivity contribution < 1.29 is 14.7 Å². The largest absolute Gasteiger partial charge is 0.707 e. The molecule has 0 radical (unpaired) electrons. The molecule has 2 N–H and O–H groups in total. The molecular formula is C11H16BNO3. The first-order valence-corrected chi connectivity index (χ1v) is 5.58. The predicted octanol–water partition coefficient (Wildman–Crippen LogP) is 0.631. The molecule has 1 fully saturated rings. The van der Waals surface area contributed by atoms with Gasteiger partial charge in [0.15, 0.2) is 0 Å². The van der Waals surface area contributed by atoms with Crippen LogP contribution in [0.25, 0.3) is 0 Å². The molecule has 1 aliphatic rings. The zero-order chi connectivity index (χ0) is 11.4. The Hall–Kier alpha value is -1.04. The van der Waals surface area contributed by atoms with Gasteiger partial charge in [0.1, 0.15) is 5.75 Å². The molecule has 0 amide bonds. The van der Waals surface area contributed by atoms with Crippen LogP contribution in [0, 0.1) is 0 Å². The summed E-state index contributed by atoms with van der Waals surface area (Å²) < 4.78 is 4.81. The Morgan fingerprint density at radius 2 is 2.00 bits per heavy atom. The standard InChI is InChI=1S/C11H16BNO3/c14-12(15)16-11-5-3-4-10(8-11)9-13-6-1-2-7-13/h3-5,8,14-15H,1-2,6-7,9H2. The van der Waals surface area contributed by atoms with Crippen molar-refractivity contribution in [3.8, 4) is 5.75 Å². The molecule has 86 valence electrons. The van der Waals surface area contributed by atoms with E-state index in [1.165, 1.54) is 12.8 Å². The molecule has 0 aliphatic carbocycles. The van der Waals surface area contributed by atoms with E-state index in [1.807, 2.05) is 18.2 Å². The van der Waals surface area contributed by atoms with Crippen molar-refractivity contribution in [2.45, 2.75) is 19.4 Å². The molecule has 5 heteroatoms. The second-order valence-electron chi connectivity index (χ2n) is 4.07. The lowest BCUT2D eigenvalue weighted by atomic mass is 10.2. The molecule has 1 aromatic carbocycles. The molecule has 0 bridgehead atoms. The summed E-state index contributed by atoms with van der Waals surface area (Å²) >= 11 is 0. The summed E-state index contributed by atoms with van der Waals surface area (Å²) in [7, 11) is -1.75. The first kappa shape index (κ1) is 11.5. The fraction of sp³-hybridized carbons (Fsp3) is 0.455. The lowest BCUT2D eigenvalue weighted by Crippen LogP contribution is -2.21. The van der Waals surface area contributed by atoms with Crippen LogP contribution in [0.15, 0.2) is 24.3 Å². The molecule has 1 aliphatic heterocycles. The molecule has 2 rings (SSSR count). The van der Waals surface area contributed by atoms with Crippen molar-refractivity contribution in [2.75, 3.05) is 13.1 Å². The molecule has 1 aromatic rings. The molecule has 0 saturated carbocycles. The van der Waals surface area contributed by atoms with Crippen LogP contribution in [0.1, 0.15) is 18.4 Å². The van der Waals surface area contributed by atoms with Gasteiger partial charge < -0.3 is 14.7 Å². The van der Waals surface area contributed by atoms with E-state index in [4.69, 9.17) is 14.7 Å². The van der Waals surface area contributed by atoms with E-state index in [0.29, 0.717) is 5.75 Å². The quantitative estimate of drug-likeness (QED) is 0.732. The van der Waals surface area contributed by atoms with Gasteiger partial charge in [-0.05, 0) is 43.6 Å². The Labute approximate surface area is 95.6 Å². The van der Waals surface area contributed by atoms with E-state index in [9.17, 15) is 0 Å². The molecule has 0 unspecified atom stereocenters. The minimum absolute atomic E-state index is 0.492. The Balaban J connectivity index is 1.97. The van der Waals surface area contributed by atoms with Gasteiger partial charge in [0.25, 0.3) is 0 Å². The second kappa shape index (κ2) is 5.34. The predicted molar refractivity (Wildman–Crippen MR) is 61.8 cm³/mol. The average Bonchev–Trinajstić information content (AvgIpc) is 2.70. The first-order chi connectivity index (χ1) is 7.74. The maximum absolute atomic E-state index is 8.70. The number of hydrogen-bond acceptors (Lipinski definition) is 4. The monoisotopic (exact) mass is 221 g/mol. The Morgan fingerprint density at radius 1 is 1.25 bits per heavy atom. The average molecular weight is 221 g/mol. The molecule has 1 heterocycles. The summed E-state index contributed by atoms with van der Waals surface area (Å²) in [4.78, 5) is 2.38. The Kier molecular flexibility index (Phi) is 3.82. The summed E-state index contributed by atoms with van der Waals surface area (Å²) in [5.41, 5.74) is 1.14. The van der Waals surface area contributed by atoms with E-state index in [0.717, 1.165) is 25.2 Å². The van der Waals surface area contributed by atoms with Gasteiger partial charge in [-0.25, -0.2) is 0 Å². The topological polar surface area (TPSA) is 52.9 Å². The van der Waals surface area contributed by atoms with Crippen molar-refractivity contribution in [2.24, 2.45) is 0 Å². The van der Waals surface area contributed by atoms with Crippen LogP contribution in [-0.2, 0) is 6.54 Å². The van der Waals surface area contributed by atoms with Crippen molar-refractivity contribution >= 4 is 7.32 Å². The fourth-order valence-electron chi connectivity index (χ4n) is 2.04. The van der Waals surface area contributed by atoms with E-state index in [1.54, 1.807) is 6.07 Å². The number of benzene rings is 1. The highest BCUT2D eigenvalue weighted by Crippen LogP contribution is 2.17. The zero-order valence-electron chi connectivity index (χ0n) is 9.17. The minimum atomic E-state index is -1.75. The van der Waals surface area contributed by atoms with Crippen LogP contribution in [0.2, 0.25) is 0 Å². The SMILES string of the molecule is OB(O)Oc1cccc(CN2CCCC2)c1. The summed E-state index contributed by atoms with van der Waals surface area (Å²) in [6, 6.07) is 7.45. The third-order valence-corrected chi connectivity index (χ3v) is 2.74. The van der Waals surface area contributed by atoms with Crippen molar-refractivity contribution in [1.29, 1.82) is 0 Å². The fourth-order valence-corrected chi connectivity index (χ4v) is 2.04. The highest BCUT2D eigenvalue weighted by molar-refractivity contribution is 6.33. The highest BCUT2D eigenvalue weighted by atomic mass is 16.6. The van der Waals surface area contributed by atoms with Gasteiger partial charge in [0.05, 0.1) is 0 Å². The van der Waals surface area contributed by atoms with Crippen LogP contribution >= 0.6 is 0 Å². The van der Waals surface area contributed by atoms with E-state index in [2.05, 4.69) is 4.90 Å². The summed E-state index contributed by atoms with van der Waals surface area (Å²) in [6.45, 7) is 3.19. The van der Waals surface area contributed by atoms with Crippen LogP contribution < -0.4 is 4.65 Å². The van der Waals surface area contributed by atoms with E-state index >= 15 is 0 Å². The zero-order valence-corrected chi connectivity index (χ0v) is 9.17. The first-order valence-electron chi connectivity index (χ1n) is 5.58. The van der Waals surface area contributed by atoms with E-state index in [-0.39, 0.29) is 0 Å². The van der Waals surface area contributed by atoms with Crippen molar-refractivity contribution in [1.82, 2.24) is 4.90 Å². The number of hydrogen-bond donors (Lipinski definition) is 2. The third-order valence-electron chi connectivity index (χ3n) is 2.74. The number of rotatable bonds is 4. The third kappa shape index (κ3) is 3.23. The lowest BCUT2D eigenvalue weighted by molar-refractivity contribution is 0.287. The van der Waals surface area contributed by atoms with E-state index < -0.39 is 7.32 Å². The number of likely N-dealkylation sites (tertiary alicyclic amines) is 1. The van der Waals surface area contributed by atoms with Gasteiger partial charge in [-0.3, -0.25) is 4.90 Å². The molecular weight excluding hydrogens is 205 g/mol. The molecule has 16 heavy (non-hydrogen) atoms. The lowest BCUT2D eigenvalue weighted by Gasteiger charge is -2.15. The van der Waals surface area contributed by atoms with Gasteiger partial charge in [-0.2, -0.15) is 0 Å². The van der Waals surface area contributed by atoms with Crippen LogP contribution in [0.4, 0.5) is 0 Å². The Morgan fingerprint density at radius 3 is 2.69 bits per heavy atom. The maximum atomic E-state index is 8.70. The normalized spacial score (nSPS) is 16.4. The summed E-state index contributed by atoms with van der Waals surface area (Å²) in [5, 5.41) is 17.4. The number of nitrogens with zero attached hydrogens (tertiary/aromatic N) is 1. The highest BCUT2D eigenvalue weighted by Gasteiger charge is 2.14. The maximum Gasteiger partial charge on any atom is 0.707 e. The van der Waals surface area contributed by atoms with Gasteiger partial charge in [0.2, 0.25) is 0 Å². The second-order valence-corrected chi connectivity index (χ2v) is 4.07. The van der Waals surface area contributed by atoms with Crippen molar-refractivity contribution in [3.63, 3.8) is 0 Å². The van der Waals surface area contributed by atoms with Gasteiger partial charge in [0, 0.05) is 6.54 Å². The smallest absolute Gasteiger partial charge is 0.512 e. The Bertz CT molecular complexity index is 340. The summed E-state index contributed by atoms with van der Waals surface area (Å²) in [6.07, 6.45) is 2.54. The molecule has 0 spiro atoms. The molecule has 0 aromatic heterocycles. The van der Waals surface area contributed by atoms with Gasteiger partial charge >= 0.3 is 7.32 Å². The summed E-state index contributed by atoms with van der Waals surface area (Å²) in [5.74, 6) is 0.492. The van der Waals surface area contributed by atoms with Crippen LogP contribution in [0.5, 0.6) is 5.75 Å². The van der Waals surface area contributed by atoms with Gasteiger partial charge in [-0.1, -0.05) is 12.1 Å². The van der Waals surface area contributed by atoms with Crippen LogP contribution in [0.3, 0.4) is 0 Å². The van der Waals surface area contributed by atoms with Crippen LogP contribution in [-0.4, -0.2) is 35.4 Å². The minimum Gasteiger partial charge on any atom is -0.512 e. The van der Waals surface area contributed by atoms with Gasteiger partial charge in [-0.15, -0.1) is 0 Å². The molecule has 4 nitrogen and oxygen atoms in total. The van der Waals surface area contributed by atoms with Crippen molar-refractivity contribution in [3.05, 3.63) is 29.8 Å².